The van der Waals surface area contributed by atoms with Crippen molar-refractivity contribution in [1.29, 1.82) is 0 Å². The van der Waals surface area contributed by atoms with Crippen LogP contribution >= 0.6 is 0 Å². The molecule has 6 heteroatoms. The van der Waals surface area contributed by atoms with Gasteiger partial charge in [0, 0.05) is 19.6 Å². The lowest BCUT2D eigenvalue weighted by Crippen LogP contribution is -2.59. The minimum Gasteiger partial charge on any atom is -0.340 e. The number of nitrogens with zero attached hydrogens (tertiary/aromatic N) is 1. The molecule has 0 radical (unpaired) electrons. The largest absolute Gasteiger partial charge is 0.340 e. The van der Waals surface area contributed by atoms with Crippen molar-refractivity contribution in [3.05, 3.63) is 0 Å². The maximum atomic E-state index is 13.1. The number of hydrogen-bond acceptors (Lipinski definition) is 4. The standard InChI is InChI=1S/C15H26N2O3S/c1-14(2)11-17(7-8-21(14,19)20)13(18)15-6-4-3-5-12(15)9-16-10-15/h12,16H,3-11H2,1-2H3/t12-,15+/m0/s1. The van der Waals surface area contributed by atoms with Crippen LogP contribution < -0.4 is 5.32 Å². The van der Waals surface area contributed by atoms with E-state index in [-0.39, 0.29) is 17.1 Å². The maximum Gasteiger partial charge on any atom is 0.230 e. The molecule has 1 saturated carbocycles. The molecule has 1 N–H and O–H groups in total. The third-order valence-electron chi connectivity index (χ3n) is 5.79. The molecular formula is C15H26N2O3S. The van der Waals surface area contributed by atoms with Crippen molar-refractivity contribution in [3.8, 4) is 0 Å². The van der Waals surface area contributed by atoms with Gasteiger partial charge in [0.1, 0.15) is 0 Å². The zero-order chi connectivity index (χ0) is 15.3. The first kappa shape index (κ1) is 15.3. The molecule has 120 valence electrons. The molecule has 0 unspecified atom stereocenters. The second-order valence-corrected chi connectivity index (χ2v) is 10.3. The molecule has 2 aliphatic heterocycles. The van der Waals surface area contributed by atoms with E-state index in [0.29, 0.717) is 19.0 Å². The summed E-state index contributed by atoms with van der Waals surface area (Å²) >= 11 is 0. The smallest absolute Gasteiger partial charge is 0.230 e. The molecule has 21 heavy (non-hydrogen) atoms. The molecule has 3 rings (SSSR count). The molecule has 0 aromatic heterocycles. The van der Waals surface area contributed by atoms with Gasteiger partial charge in [0.25, 0.3) is 0 Å². The van der Waals surface area contributed by atoms with Crippen molar-refractivity contribution in [2.75, 3.05) is 31.9 Å². The topological polar surface area (TPSA) is 66.5 Å². The molecule has 5 nitrogen and oxygen atoms in total. The number of nitrogens with one attached hydrogen (secondary N) is 1. The Kier molecular flexibility index (Phi) is 3.60. The minimum atomic E-state index is -3.09. The number of carbonyl (C=O) groups excluding carboxylic acids is 1. The van der Waals surface area contributed by atoms with Crippen LogP contribution in [0.25, 0.3) is 0 Å². The maximum absolute atomic E-state index is 13.1. The number of carbonyl (C=O) groups is 1. The summed E-state index contributed by atoms with van der Waals surface area (Å²) in [5.41, 5.74) is -0.268. The molecule has 2 saturated heterocycles. The lowest BCUT2D eigenvalue weighted by Gasteiger charge is -2.45. The van der Waals surface area contributed by atoms with Gasteiger partial charge in [-0.2, -0.15) is 0 Å². The van der Waals surface area contributed by atoms with Gasteiger partial charge in [-0.15, -0.1) is 0 Å². The molecule has 1 amide bonds. The van der Waals surface area contributed by atoms with Gasteiger partial charge in [-0.1, -0.05) is 12.8 Å². The zero-order valence-corrected chi connectivity index (χ0v) is 13.8. The predicted octanol–water partition coefficient (Wildman–Crippen LogP) is 0.802. The number of amides is 1. The summed E-state index contributed by atoms with van der Waals surface area (Å²) in [6, 6.07) is 0. The Hall–Kier alpha value is -0.620. The summed E-state index contributed by atoms with van der Waals surface area (Å²) in [4.78, 5) is 15.0. The van der Waals surface area contributed by atoms with E-state index in [1.807, 2.05) is 4.90 Å². The number of hydrogen-bond donors (Lipinski definition) is 1. The third-order valence-corrected chi connectivity index (χ3v) is 8.33. The van der Waals surface area contributed by atoms with Crippen molar-refractivity contribution in [2.45, 2.75) is 44.3 Å². The van der Waals surface area contributed by atoms with Crippen molar-refractivity contribution in [1.82, 2.24) is 10.2 Å². The van der Waals surface area contributed by atoms with Crippen LogP contribution in [-0.4, -0.2) is 55.9 Å². The fourth-order valence-corrected chi connectivity index (χ4v) is 5.67. The van der Waals surface area contributed by atoms with Crippen molar-refractivity contribution < 1.29 is 13.2 Å². The second kappa shape index (κ2) is 4.95. The Bertz CT molecular complexity index is 543. The first-order valence-electron chi connectivity index (χ1n) is 8.01. The van der Waals surface area contributed by atoms with Gasteiger partial charge in [-0.25, -0.2) is 8.42 Å². The van der Waals surface area contributed by atoms with E-state index in [2.05, 4.69) is 5.32 Å². The molecule has 0 aromatic rings. The molecule has 2 heterocycles. The number of rotatable bonds is 1. The van der Waals surface area contributed by atoms with Gasteiger partial charge in [0.05, 0.1) is 15.9 Å². The lowest BCUT2D eigenvalue weighted by atomic mass is 9.67. The van der Waals surface area contributed by atoms with E-state index in [1.165, 1.54) is 6.42 Å². The fraction of sp³-hybridized carbons (Fsp3) is 0.933. The van der Waals surface area contributed by atoms with Crippen molar-refractivity contribution in [3.63, 3.8) is 0 Å². The summed E-state index contributed by atoms with van der Waals surface area (Å²) in [6.45, 7) is 5.87. The Balaban J connectivity index is 1.83. The highest BCUT2D eigenvalue weighted by atomic mass is 32.2. The Morgan fingerprint density at radius 1 is 1.29 bits per heavy atom. The highest BCUT2D eigenvalue weighted by Gasteiger charge is 2.53. The first-order valence-corrected chi connectivity index (χ1v) is 9.66. The molecule has 3 aliphatic rings. The molecule has 1 aliphatic carbocycles. The average Bonchev–Trinajstić information content (AvgIpc) is 2.86. The van der Waals surface area contributed by atoms with Crippen LogP contribution in [0.5, 0.6) is 0 Å². The average molecular weight is 314 g/mol. The summed E-state index contributed by atoms with van der Waals surface area (Å²) in [5, 5.41) is 3.40. The van der Waals surface area contributed by atoms with Gasteiger partial charge in [-0.3, -0.25) is 4.79 Å². The highest BCUT2D eigenvalue weighted by Crippen LogP contribution is 2.45. The van der Waals surface area contributed by atoms with Crippen LogP contribution in [-0.2, 0) is 14.6 Å². The van der Waals surface area contributed by atoms with E-state index in [0.717, 1.165) is 32.4 Å². The van der Waals surface area contributed by atoms with Crippen LogP contribution in [0.1, 0.15) is 39.5 Å². The SMILES string of the molecule is CC1(C)CN(C(=O)[C@@]23CCCC[C@H]2CNC3)CCS1(=O)=O. The van der Waals surface area contributed by atoms with Gasteiger partial charge < -0.3 is 10.2 Å². The van der Waals surface area contributed by atoms with Crippen LogP contribution in [0.15, 0.2) is 0 Å². The first-order chi connectivity index (χ1) is 9.79. The predicted molar refractivity (Wildman–Crippen MR) is 81.7 cm³/mol. The summed E-state index contributed by atoms with van der Waals surface area (Å²) in [5.74, 6) is 0.723. The molecule has 2 atom stereocenters. The van der Waals surface area contributed by atoms with Crippen LogP contribution in [0.3, 0.4) is 0 Å². The van der Waals surface area contributed by atoms with Crippen LogP contribution in [0.4, 0.5) is 0 Å². The number of sulfone groups is 1. The number of fused-ring (bicyclic) bond motifs is 1. The van der Waals surface area contributed by atoms with Gasteiger partial charge >= 0.3 is 0 Å². The molecular weight excluding hydrogens is 288 g/mol. The zero-order valence-electron chi connectivity index (χ0n) is 13.0. The third kappa shape index (κ3) is 2.31. The van der Waals surface area contributed by atoms with Crippen LogP contribution in [0.2, 0.25) is 0 Å². The van der Waals surface area contributed by atoms with E-state index in [9.17, 15) is 13.2 Å². The van der Waals surface area contributed by atoms with E-state index in [4.69, 9.17) is 0 Å². The molecule has 0 bridgehead atoms. The molecule has 0 aromatic carbocycles. The Morgan fingerprint density at radius 2 is 2.05 bits per heavy atom. The summed E-state index contributed by atoms with van der Waals surface area (Å²) in [6.07, 6.45) is 4.39. The Morgan fingerprint density at radius 3 is 2.76 bits per heavy atom. The summed E-state index contributed by atoms with van der Waals surface area (Å²) in [7, 11) is -3.09. The van der Waals surface area contributed by atoms with Gasteiger partial charge in [0.15, 0.2) is 9.84 Å². The second-order valence-electron chi connectivity index (χ2n) is 7.54. The quantitative estimate of drug-likeness (QED) is 0.777. The van der Waals surface area contributed by atoms with Crippen LogP contribution in [0, 0.1) is 11.3 Å². The van der Waals surface area contributed by atoms with E-state index < -0.39 is 14.6 Å². The highest BCUT2D eigenvalue weighted by molar-refractivity contribution is 7.92. The fourth-order valence-electron chi connectivity index (χ4n) is 4.30. The monoisotopic (exact) mass is 314 g/mol. The Labute approximate surface area is 127 Å². The molecule has 0 spiro atoms. The minimum absolute atomic E-state index is 0.0971. The lowest BCUT2D eigenvalue weighted by molar-refractivity contribution is -0.145. The normalized spacial score (nSPS) is 38.0. The van der Waals surface area contributed by atoms with E-state index in [1.54, 1.807) is 13.8 Å². The van der Waals surface area contributed by atoms with Crippen molar-refractivity contribution >= 4 is 15.7 Å². The molecule has 3 fully saturated rings. The van der Waals surface area contributed by atoms with Gasteiger partial charge in [0.2, 0.25) is 5.91 Å². The summed E-state index contributed by atoms with van der Waals surface area (Å²) < 4.78 is 23.4. The van der Waals surface area contributed by atoms with E-state index >= 15 is 0 Å². The van der Waals surface area contributed by atoms with Gasteiger partial charge in [-0.05, 0) is 39.2 Å². The van der Waals surface area contributed by atoms with Crippen molar-refractivity contribution in [2.24, 2.45) is 11.3 Å².